The SMILES string of the molecule is CCC(C)(C)c1ccccc1I. The molecule has 0 atom stereocenters. The lowest BCUT2D eigenvalue weighted by Gasteiger charge is -2.24. The average Bonchev–Trinajstić information content (AvgIpc) is 2.05. The quantitative estimate of drug-likeness (QED) is 0.715. The lowest BCUT2D eigenvalue weighted by atomic mass is 9.82. The van der Waals surface area contributed by atoms with Crippen molar-refractivity contribution in [2.24, 2.45) is 0 Å². The van der Waals surface area contributed by atoms with E-state index in [2.05, 4.69) is 67.6 Å². The zero-order valence-electron chi connectivity index (χ0n) is 7.89. The lowest BCUT2D eigenvalue weighted by molar-refractivity contribution is 0.503. The van der Waals surface area contributed by atoms with Gasteiger partial charge < -0.3 is 0 Å². The van der Waals surface area contributed by atoms with E-state index in [0.717, 1.165) is 0 Å². The topological polar surface area (TPSA) is 0 Å². The van der Waals surface area contributed by atoms with Crippen molar-refractivity contribution in [3.8, 4) is 0 Å². The van der Waals surface area contributed by atoms with Crippen LogP contribution in [0.4, 0.5) is 0 Å². The van der Waals surface area contributed by atoms with Crippen LogP contribution in [0.1, 0.15) is 32.8 Å². The van der Waals surface area contributed by atoms with Crippen LogP contribution < -0.4 is 0 Å². The van der Waals surface area contributed by atoms with Crippen LogP contribution in [-0.2, 0) is 5.41 Å². The highest BCUT2D eigenvalue weighted by atomic mass is 127. The Kier molecular flexibility index (Phi) is 3.16. The van der Waals surface area contributed by atoms with Gasteiger partial charge in [-0.1, -0.05) is 39.0 Å². The Hall–Kier alpha value is -0.0500. The summed E-state index contributed by atoms with van der Waals surface area (Å²) < 4.78 is 1.38. The summed E-state index contributed by atoms with van der Waals surface area (Å²) in [5.74, 6) is 0. The van der Waals surface area contributed by atoms with E-state index in [0.29, 0.717) is 5.41 Å². The first-order valence-electron chi connectivity index (χ1n) is 4.33. The molecule has 0 aliphatic rings. The molecule has 0 radical (unpaired) electrons. The van der Waals surface area contributed by atoms with Crippen molar-refractivity contribution in [3.63, 3.8) is 0 Å². The Morgan fingerprint density at radius 1 is 1.25 bits per heavy atom. The summed E-state index contributed by atoms with van der Waals surface area (Å²) in [4.78, 5) is 0. The minimum absolute atomic E-state index is 0.317. The predicted molar refractivity (Wildman–Crippen MR) is 62.5 cm³/mol. The van der Waals surface area contributed by atoms with E-state index >= 15 is 0 Å². The molecule has 0 amide bonds. The van der Waals surface area contributed by atoms with E-state index < -0.39 is 0 Å². The molecule has 12 heavy (non-hydrogen) atoms. The Morgan fingerprint density at radius 2 is 1.83 bits per heavy atom. The summed E-state index contributed by atoms with van der Waals surface area (Å²) in [5.41, 5.74) is 1.78. The van der Waals surface area contributed by atoms with E-state index in [-0.39, 0.29) is 0 Å². The van der Waals surface area contributed by atoms with Gasteiger partial charge in [0.15, 0.2) is 0 Å². The van der Waals surface area contributed by atoms with Crippen LogP contribution in [0, 0.1) is 3.57 Å². The molecule has 1 rings (SSSR count). The van der Waals surface area contributed by atoms with Crippen LogP contribution in [0.3, 0.4) is 0 Å². The van der Waals surface area contributed by atoms with Crippen molar-refractivity contribution >= 4 is 22.6 Å². The molecule has 0 unspecified atom stereocenters. The maximum absolute atomic E-state index is 2.41. The number of benzene rings is 1. The first-order valence-corrected chi connectivity index (χ1v) is 5.41. The fourth-order valence-electron chi connectivity index (χ4n) is 1.20. The second-order valence-electron chi connectivity index (χ2n) is 3.72. The van der Waals surface area contributed by atoms with E-state index in [1.807, 2.05) is 0 Å². The molecule has 0 bridgehead atoms. The van der Waals surface area contributed by atoms with Gasteiger partial charge in [-0.15, -0.1) is 0 Å². The molecule has 0 N–H and O–H groups in total. The van der Waals surface area contributed by atoms with Gasteiger partial charge in [-0.2, -0.15) is 0 Å². The first-order chi connectivity index (χ1) is 5.58. The highest BCUT2D eigenvalue weighted by molar-refractivity contribution is 14.1. The van der Waals surface area contributed by atoms with Gasteiger partial charge in [-0.05, 0) is 46.1 Å². The molecule has 1 aromatic carbocycles. The zero-order valence-corrected chi connectivity index (χ0v) is 10.1. The van der Waals surface area contributed by atoms with Gasteiger partial charge in [0.25, 0.3) is 0 Å². The lowest BCUT2D eigenvalue weighted by Crippen LogP contribution is -2.16. The molecule has 1 heteroatoms. The summed E-state index contributed by atoms with van der Waals surface area (Å²) >= 11 is 2.41. The van der Waals surface area contributed by atoms with Crippen LogP contribution in [0.5, 0.6) is 0 Å². The van der Waals surface area contributed by atoms with Crippen molar-refractivity contribution < 1.29 is 0 Å². The fraction of sp³-hybridized carbons (Fsp3) is 0.455. The monoisotopic (exact) mass is 274 g/mol. The third-order valence-electron chi connectivity index (χ3n) is 2.49. The number of hydrogen-bond acceptors (Lipinski definition) is 0. The standard InChI is InChI=1S/C11H15I/c1-4-11(2,3)9-7-5-6-8-10(9)12/h5-8H,4H2,1-3H3. The Balaban J connectivity index is 3.10. The highest BCUT2D eigenvalue weighted by Gasteiger charge is 2.19. The van der Waals surface area contributed by atoms with Crippen molar-refractivity contribution in [2.75, 3.05) is 0 Å². The molecule has 0 nitrogen and oxygen atoms in total. The molecule has 66 valence electrons. The minimum atomic E-state index is 0.317. The van der Waals surface area contributed by atoms with Crippen molar-refractivity contribution in [2.45, 2.75) is 32.6 Å². The number of rotatable bonds is 2. The summed E-state index contributed by atoms with van der Waals surface area (Å²) in [6, 6.07) is 8.62. The molecule has 0 saturated carbocycles. The summed E-state index contributed by atoms with van der Waals surface area (Å²) in [6.45, 7) is 6.83. The molecule has 1 aromatic rings. The average molecular weight is 274 g/mol. The fourth-order valence-corrected chi connectivity index (χ4v) is 2.32. The maximum Gasteiger partial charge on any atom is 0.0167 e. The Bertz CT molecular complexity index is 263. The Morgan fingerprint density at radius 3 is 2.33 bits per heavy atom. The van der Waals surface area contributed by atoms with E-state index in [1.54, 1.807) is 0 Å². The van der Waals surface area contributed by atoms with Gasteiger partial charge in [0.05, 0.1) is 0 Å². The highest BCUT2D eigenvalue weighted by Crippen LogP contribution is 2.29. The normalized spacial score (nSPS) is 11.7. The van der Waals surface area contributed by atoms with Crippen molar-refractivity contribution in [1.82, 2.24) is 0 Å². The molecular weight excluding hydrogens is 259 g/mol. The molecule has 0 aliphatic carbocycles. The van der Waals surface area contributed by atoms with Crippen molar-refractivity contribution in [1.29, 1.82) is 0 Å². The molecule has 0 aliphatic heterocycles. The van der Waals surface area contributed by atoms with E-state index in [1.165, 1.54) is 15.6 Å². The van der Waals surface area contributed by atoms with Gasteiger partial charge >= 0.3 is 0 Å². The van der Waals surface area contributed by atoms with Gasteiger partial charge in [0.2, 0.25) is 0 Å². The zero-order chi connectivity index (χ0) is 9.19. The van der Waals surface area contributed by atoms with Crippen LogP contribution in [-0.4, -0.2) is 0 Å². The van der Waals surface area contributed by atoms with Crippen LogP contribution in [0.2, 0.25) is 0 Å². The van der Waals surface area contributed by atoms with Gasteiger partial charge in [0.1, 0.15) is 0 Å². The second kappa shape index (κ2) is 3.77. The summed E-state index contributed by atoms with van der Waals surface area (Å²) in [5, 5.41) is 0. The largest absolute Gasteiger partial charge is 0.0646 e. The third-order valence-corrected chi connectivity index (χ3v) is 3.43. The maximum atomic E-state index is 2.41. The van der Waals surface area contributed by atoms with Gasteiger partial charge in [-0.25, -0.2) is 0 Å². The molecule has 0 heterocycles. The Labute approximate surface area is 88.5 Å². The van der Waals surface area contributed by atoms with Gasteiger partial charge in [0, 0.05) is 3.57 Å². The molecule has 0 saturated heterocycles. The van der Waals surface area contributed by atoms with Gasteiger partial charge in [-0.3, -0.25) is 0 Å². The first kappa shape index (κ1) is 10.0. The number of halogens is 1. The number of hydrogen-bond donors (Lipinski definition) is 0. The van der Waals surface area contributed by atoms with Crippen LogP contribution in [0.15, 0.2) is 24.3 Å². The summed E-state index contributed by atoms with van der Waals surface area (Å²) in [7, 11) is 0. The molecule has 0 spiro atoms. The third kappa shape index (κ3) is 2.00. The second-order valence-corrected chi connectivity index (χ2v) is 4.88. The van der Waals surface area contributed by atoms with Crippen LogP contribution in [0.25, 0.3) is 0 Å². The van der Waals surface area contributed by atoms with E-state index in [9.17, 15) is 0 Å². The van der Waals surface area contributed by atoms with Crippen LogP contribution >= 0.6 is 22.6 Å². The predicted octanol–water partition coefficient (Wildman–Crippen LogP) is 3.98. The molecule has 0 aromatic heterocycles. The van der Waals surface area contributed by atoms with Crippen molar-refractivity contribution in [3.05, 3.63) is 33.4 Å². The molecular formula is C11H15I. The summed E-state index contributed by atoms with van der Waals surface area (Å²) in [6.07, 6.45) is 1.19. The minimum Gasteiger partial charge on any atom is -0.0646 e. The smallest absolute Gasteiger partial charge is 0.0167 e. The van der Waals surface area contributed by atoms with E-state index in [4.69, 9.17) is 0 Å². The molecule has 0 fully saturated rings.